The Morgan fingerprint density at radius 2 is 1.06 bits per heavy atom. The molecule has 29 heteroatoms. The van der Waals surface area contributed by atoms with Gasteiger partial charge in [-0.2, -0.15) is 0 Å². The highest BCUT2D eigenvalue weighted by Crippen LogP contribution is 2.40. The molecule has 0 amide bonds. The van der Waals surface area contributed by atoms with Crippen molar-refractivity contribution < 1.29 is 139 Å². The van der Waals surface area contributed by atoms with Crippen LogP contribution in [0.4, 0.5) is 0 Å². The molecule has 0 spiro atoms. The van der Waals surface area contributed by atoms with Crippen LogP contribution in [0.2, 0.25) is 0 Å². The average Bonchev–Trinajstić information content (AvgIpc) is 3.41. The molecule has 8 rings (SSSR count). The number of benzene rings is 3. The van der Waals surface area contributed by atoms with Gasteiger partial charge in [0.25, 0.3) is 0 Å². The zero-order valence-corrected chi connectivity index (χ0v) is 39.7. The minimum atomic E-state index is -2.17. The fourth-order valence-electron chi connectivity index (χ4n) is 8.86. The molecule has 3 aromatic carbocycles. The first-order chi connectivity index (χ1) is 36.7. The first-order valence-electron chi connectivity index (χ1n) is 23.5. The van der Waals surface area contributed by atoms with Gasteiger partial charge in [0.15, 0.2) is 42.0 Å². The van der Waals surface area contributed by atoms with Gasteiger partial charge in [-0.3, -0.25) is 4.79 Å². The van der Waals surface area contributed by atoms with Gasteiger partial charge in [-0.05, 0) is 48.0 Å². The molecule has 20 atom stereocenters. The maximum absolute atomic E-state index is 14.7. The molecule has 0 unspecified atom stereocenters. The van der Waals surface area contributed by atoms with Crippen molar-refractivity contribution in [1.82, 2.24) is 0 Å². The van der Waals surface area contributed by atoms with Gasteiger partial charge in [0, 0.05) is 23.8 Å². The smallest absolute Gasteiger partial charge is 0.331 e. The van der Waals surface area contributed by atoms with E-state index in [0.717, 1.165) is 36.4 Å². The number of hydrogen-bond donors (Lipinski definition) is 17. The Hall–Kier alpha value is -5.88. The fraction of sp³-hybridized carbons (Fsp3) is 0.500. The third kappa shape index (κ3) is 11.8. The lowest BCUT2D eigenvalue weighted by molar-refractivity contribution is -0.358. The topological polar surface area (TPSA) is 474 Å². The largest absolute Gasteiger partial charge is 0.508 e. The second kappa shape index (κ2) is 24.0. The van der Waals surface area contributed by atoms with Crippen LogP contribution >= 0.6 is 0 Å². The predicted octanol–water partition coefficient (Wildman–Crippen LogP) is -5.45. The van der Waals surface area contributed by atoms with Crippen LogP contribution in [0, 0.1) is 0 Å². The predicted molar refractivity (Wildman–Crippen MR) is 248 cm³/mol. The van der Waals surface area contributed by atoms with Gasteiger partial charge in [0.2, 0.25) is 23.8 Å². The van der Waals surface area contributed by atoms with Crippen LogP contribution in [-0.2, 0) is 38.0 Å². The van der Waals surface area contributed by atoms with E-state index in [2.05, 4.69) is 0 Å². The highest BCUT2D eigenvalue weighted by atomic mass is 16.8. The zero-order valence-electron chi connectivity index (χ0n) is 39.7. The molecule has 0 aliphatic carbocycles. The summed E-state index contributed by atoms with van der Waals surface area (Å²) in [6.45, 7) is -3.71. The summed E-state index contributed by atoms with van der Waals surface area (Å²) in [5.74, 6) is -5.12. The van der Waals surface area contributed by atoms with E-state index in [4.69, 9.17) is 47.0 Å². The Kier molecular flexibility index (Phi) is 17.9. The molecule has 4 saturated heterocycles. The maximum atomic E-state index is 14.7. The number of carbonyl (C=O) groups excluding carboxylic acids is 1. The number of phenolic OH excluding ortho intramolecular Hbond substituents is 4. The number of rotatable bonds is 16. The Balaban J connectivity index is 1.10. The van der Waals surface area contributed by atoms with Crippen molar-refractivity contribution in [3.8, 4) is 45.8 Å². The Labute approximate surface area is 432 Å². The number of fused-ring (bicyclic) bond motifs is 1. The molecule has 4 aromatic rings. The second-order valence-electron chi connectivity index (χ2n) is 18.2. The highest BCUT2D eigenvalue weighted by molar-refractivity contribution is 5.89. The summed E-state index contributed by atoms with van der Waals surface area (Å²) in [4.78, 5) is 27.8. The number of aromatic hydroxyl groups is 4. The van der Waals surface area contributed by atoms with Crippen LogP contribution in [-0.4, -0.2) is 242 Å². The number of esters is 1. The van der Waals surface area contributed by atoms with Crippen LogP contribution in [0.25, 0.3) is 28.4 Å². The number of aliphatic hydroxyl groups is 13. The molecule has 4 fully saturated rings. The maximum Gasteiger partial charge on any atom is 0.331 e. The van der Waals surface area contributed by atoms with Crippen LogP contribution in [0.5, 0.6) is 34.5 Å². The molecule has 4 aliphatic rings. The molecule has 0 saturated carbocycles. The number of aliphatic hydroxyl groups excluding tert-OH is 13. The number of carbonyl (C=O) groups is 1. The van der Waals surface area contributed by atoms with Crippen molar-refractivity contribution in [2.45, 2.75) is 123 Å². The summed E-state index contributed by atoms with van der Waals surface area (Å²) in [5.41, 5.74) is -1.51. The number of ether oxygens (including phenoxy) is 9. The minimum absolute atomic E-state index is 0.0263. The molecule has 4 aliphatic heterocycles. The van der Waals surface area contributed by atoms with E-state index in [9.17, 15) is 96.4 Å². The van der Waals surface area contributed by atoms with E-state index in [1.165, 1.54) is 30.3 Å². The molecule has 77 heavy (non-hydrogen) atoms. The quantitative estimate of drug-likeness (QED) is 0.0283. The third-order valence-corrected chi connectivity index (χ3v) is 13.1. The molecule has 1 aromatic heterocycles. The molecule has 0 bridgehead atoms. The number of hydrogen-bond acceptors (Lipinski definition) is 29. The summed E-state index contributed by atoms with van der Waals surface area (Å²) >= 11 is 0. The zero-order chi connectivity index (χ0) is 55.7. The van der Waals surface area contributed by atoms with Crippen molar-refractivity contribution in [3.05, 3.63) is 76.5 Å². The van der Waals surface area contributed by atoms with Crippen LogP contribution in [0.15, 0.2) is 69.9 Å². The Bertz CT molecular complexity index is 2750. The van der Waals surface area contributed by atoms with E-state index < -0.39 is 206 Å². The third-order valence-electron chi connectivity index (χ3n) is 13.1. The van der Waals surface area contributed by atoms with Gasteiger partial charge >= 0.3 is 5.97 Å². The summed E-state index contributed by atoms with van der Waals surface area (Å²) < 4.78 is 57.5. The van der Waals surface area contributed by atoms with Crippen LogP contribution in [0.3, 0.4) is 0 Å². The monoisotopic (exact) mass is 1100 g/mol. The molecule has 0 radical (unpaired) electrons. The highest BCUT2D eigenvalue weighted by Gasteiger charge is 2.54. The lowest BCUT2D eigenvalue weighted by Gasteiger charge is -2.46. The molecule has 17 N–H and O–H groups in total. The summed E-state index contributed by atoms with van der Waals surface area (Å²) in [7, 11) is 0. The van der Waals surface area contributed by atoms with Crippen LogP contribution < -0.4 is 14.9 Å². The van der Waals surface area contributed by atoms with E-state index in [1.807, 2.05) is 0 Å². The molecular formula is C48H56O29. The summed E-state index contributed by atoms with van der Waals surface area (Å²) in [6.07, 6.45) is -36.0. The van der Waals surface area contributed by atoms with E-state index in [1.54, 1.807) is 0 Å². The first-order valence-corrected chi connectivity index (χ1v) is 23.5. The van der Waals surface area contributed by atoms with E-state index in [-0.39, 0.29) is 16.9 Å². The number of phenols is 4. The molecule has 29 nitrogen and oxygen atoms in total. The van der Waals surface area contributed by atoms with Gasteiger partial charge < -0.3 is 134 Å². The lowest BCUT2D eigenvalue weighted by Crippen LogP contribution is -2.65. The lowest BCUT2D eigenvalue weighted by atomic mass is 9.97. The van der Waals surface area contributed by atoms with Gasteiger partial charge in [0.05, 0.1) is 26.4 Å². The Morgan fingerprint density at radius 3 is 1.69 bits per heavy atom. The SMILES string of the molecule is O=C(/C=C/c1ccc(O)c(O)c1)O[C@H]1[C@H](O[C@H]2[C@H](Oc3c(-c4ccc(O)cc4)oc4cc(O[C@@H]5O[C@H](CO)[C@@H](O[C@@H]6O[C@H](CO)[C@@H](O)[C@H](O)[C@H]6O)[C@H](O)[C@H]5O)cc(O)c4c3=O)O[C@H](CO)[C@@H](O)[C@@H]2O)O[C@H](CO)[C@@H](O)[C@@H]1O. The normalized spacial score (nSPS) is 35.7. The van der Waals surface area contributed by atoms with Crippen molar-refractivity contribution in [2.24, 2.45) is 0 Å². The molecular weight excluding hydrogens is 1040 g/mol. The molecule has 5 heterocycles. The van der Waals surface area contributed by atoms with Crippen molar-refractivity contribution in [1.29, 1.82) is 0 Å². The van der Waals surface area contributed by atoms with Gasteiger partial charge in [0.1, 0.15) is 114 Å². The average molecular weight is 1100 g/mol. The fourth-order valence-corrected chi connectivity index (χ4v) is 8.86. The van der Waals surface area contributed by atoms with Gasteiger partial charge in [-0.25, -0.2) is 4.79 Å². The summed E-state index contributed by atoms with van der Waals surface area (Å²) in [5, 5.41) is 178. The Morgan fingerprint density at radius 1 is 0.519 bits per heavy atom. The first kappa shape index (κ1) is 57.3. The van der Waals surface area contributed by atoms with Gasteiger partial charge in [-0.15, -0.1) is 0 Å². The van der Waals surface area contributed by atoms with Crippen LogP contribution in [0.1, 0.15) is 5.56 Å². The summed E-state index contributed by atoms with van der Waals surface area (Å²) in [6, 6.07) is 10.2. The van der Waals surface area contributed by atoms with E-state index >= 15 is 0 Å². The van der Waals surface area contributed by atoms with E-state index in [0.29, 0.717) is 0 Å². The molecule has 422 valence electrons. The minimum Gasteiger partial charge on any atom is -0.508 e. The second-order valence-corrected chi connectivity index (χ2v) is 18.2. The van der Waals surface area contributed by atoms with Crippen molar-refractivity contribution in [2.75, 3.05) is 26.4 Å². The van der Waals surface area contributed by atoms with Crippen molar-refractivity contribution >= 4 is 23.0 Å². The standard InChI is InChI=1S/C48H56O29/c49-12-24-30(58)34(62)38(66)46(70-24)75-41-27(15-52)73-45(39(67)37(41)65)68-19-10-22(56)29-23(11-19)69-40(17-3-5-18(53)6-4-17)42(33(29)61)76-48-44(36(64)32(60)26(14-51)72-48)77-47-43(35(63)31(59)25(13-50)71-47)74-28(57)8-2-16-1-7-20(54)21(55)9-16/h1-11,24-27,30-32,34-39,41,43-56,58-60,62-67H,12-15H2/b8-2+/t24-,25-,26-,27-,30-,31-,32-,34+,35+,36+,37-,38-,39-,41-,43-,44-,45-,46+,47+,48+/m1/s1. The van der Waals surface area contributed by atoms with Crippen molar-refractivity contribution in [3.63, 3.8) is 0 Å². The van der Waals surface area contributed by atoms with Gasteiger partial charge in [-0.1, -0.05) is 6.07 Å².